The van der Waals surface area contributed by atoms with E-state index < -0.39 is 0 Å². The highest BCUT2D eigenvalue weighted by Crippen LogP contribution is 2.40. The summed E-state index contributed by atoms with van der Waals surface area (Å²) < 4.78 is 6.43. The van der Waals surface area contributed by atoms with Gasteiger partial charge < -0.3 is 14.7 Å². The molecule has 1 aromatic carbocycles. The first-order chi connectivity index (χ1) is 12.1. The van der Waals surface area contributed by atoms with Crippen molar-refractivity contribution in [1.82, 2.24) is 4.98 Å². The number of aliphatic hydroxyl groups excluding tert-OH is 1. The predicted octanol–water partition coefficient (Wildman–Crippen LogP) is 3.83. The van der Waals surface area contributed by atoms with Crippen molar-refractivity contribution in [2.75, 3.05) is 18.0 Å². The minimum atomic E-state index is -0.214. The van der Waals surface area contributed by atoms with Crippen molar-refractivity contribution in [2.24, 2.45) is 0 Å². The molecule has 1 aromatic heterocycles. The first-order valence-corrected chi connectivity index (χ1v) is 9.56. The smallest absolute Gasteiger partial charge is 0.0744 e. The number of hydrogen-bond donors (Lipinski definition) is 1. The molecule has 0 bridgehead atoms. The third-order valence-electron chi connectivity index (χ3n) is 5.85. The predicted molar refractivity (Wildman–Crippen MR) is 101 cm³/mol. The molecule has 0 amide bonds. The van der Waals surface area contributed by atoms with Crippen LogP contribution in [0.3, 0.4) is 0 Å². The molecule has 25 heavy (non-hydrogen) atoms. The Hall–Kier alpha value is -1.65. The molecule has 0 saturated carbocycles. The molecule has 1 N–H and O–H groups in total. The van der Waals surface area contributed by atoms with Crippen LogP contribution in [-0.4, -0.2) is 41.0 Å². The average Bonchev–Trinajstić information content (AvgIpc) is 2.61. The van der Waals surface area contributed by atoms with Gasteiger partial charge in [0.1, 0.15) is 0 Å². The van der Waals surface area contributed by atoms with E-state index in [1.807, 2.05) is 6.07 Å². The number of rotatable bonds is 2. The van der Waals surface area contributed by atoms with Crippen LogP contribution in [0.1, 0.15) is 44.7 Å². The van der Waals surface area contributed by atoms with Gasteiger partial charge in [0.25, 0.3) is 0 Å². The van der Waals surface area contributed by atoms with Crippen molar-refractivity contribution in [3.8, 4) is 0 Å². The molecule has 1 spiro atoms. The van der Waals surface area contributed by atoms with Crippen LogP contribution in [-0.2, 0) is 4.74 Å². The van der Waals surface area contributed by atoms with Gasteiger partial charge in [0.05, 0.1) is 23.3 Å². The molecule has 2 aliphatic heterocycles. The molecule has 4 heteroatoms. The first kappa shape index (κ1) is 16.8. The highest BCUT2D eigenvalue weighted by atomic mass is 16.5. The summed E-state index contributed by atoms with van der Waals surface area (Å²) in [7, 11) is 0. The fraction of sp³-hybridized carbons (Fsp3) is 0.571. The first-order valence-electron chi connectivity index (χ1n) is 9.56. The molecule has 3 heterocycles. The number of anilines is 1. The average molecular weight is 340 g/mol. The molecular weight excluding hydrogens is 312 g/mol. The van der Waals surface area contributed by atoms with Crippen LogP contribution >= 0.6 is 0 Å². The molecule has 2 saturated heterocycles. The normalized spacial score (nSPS) is 26.3. The van der Waals surface area contributed by atoms with Crippen LogP contribution in [0.15, 0.2) is 30.3 Å². The molecule has 0 unspecified atom stereocenters. The van der Waals surface area contributed by atoms with Gasteiger partial charge >= 0.3 is 0 Å². The quantitative estimate of drug-likeness (QED) is 0.902. The minimum Gasteiger partial charge on any atom is -0.393 e. The standard InChI is InChI=1S/C21H28N2O2/c1-3-17-13-16(24)14-21(25-17)8-10-23(11-9-21)20-12-15(2)22-19-7-5-4-6-18(19)20/h4-7,12,16-17,24H,3,8-11,13-14H2,1-2H3/t16-,17+/m1/s1. The number of para-hydroxylation sites is 1. The molecule has 2 atom stereocenters. The number of aryl methyl sites for hydroxylation is 1. The largest absolute Gasteiger partial charge is 0.393 e. The van der Waals surface area contributed by atoms with E-state index >= 15 is 0 Å². The number of piperidine rings is 1. The molecule has 2 aromatic rings. The topological polar surface area (TPSA) is 45.6 Å². The summed E-state index contributed by atoms with van der Waals surface area (Å²) in [6.45, 7) is 6.15. The maximum Gasteiger partial charge on any atom is 0.0744 e. The number of pyridine rings is 1. The second-order valence-corrected chi connectivity index (χ2v) is 7.71. The van der Waals surface area contributed by atoms with Crippen LogP contribution in [0.5, 0.6) is 0 Å². The third-order valence-corrected chi connectivity index (χ3v) is 5.85. The van der Waals surface area contributed by atoms with Crippen LogP contribution in [0.4, 0.5) is 5.69 Å². The Morgan fingerprint density at radius 2 is 2.04 bits per heavy atom. The van der Waals surface area contributed by atoms with Gasteiger partial charge in [0.15, 0.2) is 0 Å². The lowest BCUT2D eigenvalue weighted by molar-refractivity contribution is -0.171. The van der Waals surface area contributed by atoms with Crippen molar-refractivity contribution in [3.05, 3.63) is 36.0 Å². The summed E-state index contributed by atoms with van der Waals surface area (Å²) in [5.41, 5.74) is 3.27. The lowest BCUT2D eigenvalue weighted by Crippen LogP contribution is -2.52. The summed E-state index contributed by atoms with van der Waals surface area (Å²) in [6, 6.07) is 10.6. The SMILES string of the molecule is CC[C@H]1C[C@@H](O)CC2(CCN(c3cc(C)nc4ccccc34)CC2)O1. The van der Waals surface area contributed by atoms with Gasteiger partial charge in [-0.3, -0.25) is 4.98 Å². The van der Waals surface area contributed by atoms with Crippen LogP contribution in [0.2, 0.25) is 0 Å². The van der Waals surface area contributed by atoms with E-state index in [-0.39, 0.29) is 17.8 Å². The van der Waals surface area contributed by atoms with Crippen molar-refractivity contribution >= 4 is 16.6 Å². The lowest BCUT2D eigenvalue weighted by atomic mass is 9.81. The molecule has 4 nitrogen and oxygen atoms in total. The Labute approximate surface area is 149 Å². The fourth-order valence-corrected chi connectivity index (χ4v) is 4.54. The van der Waals surface area contributed by atoms with Crippen LogP contribution < -0.4 is 4.90 Å². The molecule has 0 aliphatic carbocycles. The Bertz CT molecular complexity index is 753. The highest BCUT2D eigenvalue weighted by molar-refractivity contribution is 5.92. The molecule has 134 valence electrons. The minimum absolute atomic E-state index is 0.132. The second-order valence-electron chi connectivity index (χ2n) is 7.71. The zero-order valence-corrected chi connectivity index (χ0v) is 15.2. The Morgan fingerprint density at radius 3 is 2.80 bits per heavy atom. The Kier molecular flexibility index (Phi) is 4.42. The fourth-order valence-electron chi connectivity index (χ4n) is 4.54. The summed E-state index contributed by atoms with van der Waals surface area (Å²) in [6.07, 6.45) is 4.51. The third kappa shape index (κ3) is 3.25. The van der Waals surface area contributed by atoms with Crippen molar-refractivity contribution < 1.29 is 9.84 Å². The maximum absolute atomic E-state index is 10.3. The molecular formula is C21H28N2O2. The summed E-state index contributed by atoms with van der Waals surface area (Å²) in [4.78, 5) is 7.13. The van der Waals surface area contributed by atoms with E-state index in [2.05, 4.69) is 48.0 Å². The van der Waals surface area contributed by atoms with Gasteiger partial charge in [-0.1, -0.05) is 25.1 Å². The highest BCUT2D eigenvalue weighted by Gasteiger charge is 2.43. The van der Waals surface area contributed by atoms with Gasteiger partial charge in [-0.15, -0.1) is 0 Å². The molecule has 2 aliphatic rings. The van der Waals surface area contributed by atoms with Crippen LogP contribution in [0, 0.1) is 6.92 Å². The number of hydrogen-bond acceptors (Lipinski definition) is 4. The van der Waals surface area contributed by atoms with Crippen LogP contribution in [0.25, 0.3) is 10.9 Å². The van der Waals surface area contributed by atoms with E-state index in [1.165, 1.54) is 11.1 Å². The monoisotopic (exact) mass is 340 g/mol. The molecule has 4 rings (SSSR count). The maximum atomic E-state index is 10.3. The number of ether oxygens (including phenoxy) is 1. The summed E-state index contributed by atoms with van der Waals surface area (Å²) >= 11 is 0. The van der Waals surface area contributed by atoms with Crippen molar-refractivity contribution in [2.45, 2.75) is 63.8 Å². The van der Waals surface area contributed by atoms with Gasteiger partial charge in [0, 0.05) is 36.3 Å². The zero-order chi connectivity index (χ0) is 17.4. The number of benzene rings is 1. The molecule has 2 fully saturated rings. The molecule has 0 radical (unpaired) electrons. The number of aromatic nitrogens is 1. The van der Waals surface area contributed by atoms with E-state index in [0.29, 0.717) is 0 Å². The lowest BCUT2D eigenvalue weighted by Gasteiger charge is -2.48. The van der Waals surface area contributed by atoms with Gasteiger partial charge in [-0.05, 0) is 44.7 Å². The number of nitrogens with zero attached hydrogens (tertiary/aromatic N) is 2. The van der Waals surface area contributed by atoms with E-state index in [1.54, 1.807) is 0 Å². The Balaban J connectivity index is 1.56. The van der Waals surface area contributed by atoms with E-state index in [4.69, 9.17) is 4.74 Å². The van der Waals surface area contributed by atoms with E-state index in [9.17, 15) is 5.11 Å². The van der Waals surface area contributed by atoms with Gasteiger partial charge in [-0.2, -0.15) is 0 Å². The zero-order valence-electron chi connectivity index (χ0n) is 15.2. The number of aliphatic hydroxyl groups is 1. The summed E-state index contributed by atoms with van der Waals surface area (Å²) in [5, 5.41) is 11.5. The summed E-state index contributed by atoms with van der Waals surface area (Å²) in [5.74, 6) is 0. The van der Waals surface area contributed by atoms with Crippen molar-refractivity contribution in [3.63, 3.8) is 0 Å². The van der Waals surface area contributed by atoms with Crippen molar-refractivity contribution in [1.29, 1.82) is 0 Å². The van der Waals surface area contributed by atoms with Gasteiger partial charge in [0.2, 0.25) is 0 Å². The van der Waals surface area contributed by atoms with Gasteiger partial charge in [-0.25, -0.2) is 0 Å². The second kappa shape index (κ2) is 6.58. The van der Waals surface area contributed by atoms with E-state index in [0.717, 1.165) is 56.4 Å². The number of fused-ring (bicyclic) bond motifs is 1. The Morgan fingerprint density at radius 1 is 1.28 bits per heavy atom.